The molecule has 1 rings (SSSR count). The zero-order valence-corrected chi connectivity index (χ0v) is 14.9. The molecule has 0 heterocycles. The van der Waals surface area contributed by atoms with Crippen molar-refractivity contribution in [3.63, 3.8) is 0 Å². The van der Waals surface area contributed by atoms with E-state index in [1.807, 2.05) is 12.1 Å². The Hall–Kier alpha value is -2.01. The standard InChI is InChI=1S/C16H17IN2O3/c1-5-6-22-15-13(17)8-11(9-14(15)21-4)7-12(10-18)16(20)19(2)3/h5,7-9H,1,6H2,2-4H3/b12-7+. The summed E-state index contributed by atoms with van der Waals surface area (Å²) in [6.07, 6.45) is 3.18. The van der Waals surface area contributed by atoms with Gasteiger partial charge in [0.05, 0.1) is 10.7 Å². The van der Waals surface area contributed by atoms with Crippen molar-refractivity contribution in [2.75, 3.05) is 27.8 Å². The lowest BCUT2D eigenvalue weighted by Crippen LogP contribution is -2.22. The summed E-state index contributed by atoms with van der Waals surface area (Å²) in [5.41, 5.74) is 0.751. The minimum Gasteiger partial charge on any atom is -0.493 e. The summed E-state index contributed by atoms with van der Waals surface area (Å²) in [4.78, 5) is 13.3. The van der Waals surface area contributed by atoms with E-state index in [-0.39, 0.29) is 11.5 Å². The number of nitrogens with zero attached hydrogens (tertiary/aromatic N) is 2. The number of nitriles is 1. The molecule has 1 aromatic rings. The van der Waals surface area contributed by atoms with E-state index in [4.69, 9.17) is 14.7 Å². The van der Waals surface area contributed by atoms with Crippen molar-refractivity contribution in [3.8, 4) is 17.6 Å². The number of rotatable bonds is 6. The van der Waals surface area contributed by atoms with Gasteiger partial charge in [-0.15, -0.1) is 0 Å². The van der Waals surface area contributed by atoms with Crippen molar-refractivity contribution in [1.82, 2.24) is 4.90 Å². The van der Waals surface area contributed by atoms with Gasteiger partial charge in [0, 0.05) is 14.1 Å². The van der Waals surface area contributed by atoms with Crippen LogP contribution in [0.15, 0.2) is 30.4 Å². The number of halogens is 1. The molecule has 22 heavy (non-hydrogen) atoms. The highest BCUT2D eigenvalue weighted by Gasteiger charge is 2.14. The van der Waals surface area contributed by atoms with E-state index >= 15 is 0 Å². The first-order valence-corrected chi connectivity index (χ1v) is 7.47. The molecule has 0 atom stereocenters. The summed E-state index contributed by atoms with van der Waals surface area (Å²) in [7, 11) is 4.74. The van der Waals surface area contributed by atoms with Crippen LogP contribution < -0.4 is 9.47 Å². The van der Waals surface area contributed by atoms with Gasteiger partial charge < -0.3 is 14.4 Å². The molecule has 0 aliphatic carbocycles. The van der Waals surface area contributed by atoms with Crippen LogP contribution in [0.2, 0.25) is 0 Å². The molecule has 0 unspecified atom stereocenters. The molecule has 0 fully saturated rings. The number of carbonyl (C=O) groups is 1. The normalized spacial score (nSPS) is 10.6. The predicted octanol–water partition coefficient (Wildman–Crippen LogP) is 2.86. The molecule has 0 aliphatic rings. The van der Waals surface area contributed by atoms with E-state index in [0.29, 0.717) is 23.7 Å². The number of methoxy groups -OCH3 is 1. The molecular formula is C16H17IN2O3. The van der Waals surface area contributed by atoms with E-state index < -0.39 is 0 Å². The Morgan fingerprint density at radius 2 is 2.18 bits per heavy atom. The number of amides is 1. The van der Waals surface area contributed by atoms with Crippen LogP contribution >= 0.6 is 22.6 Å². The summed E-state index contributed by atoms with van der Waals surface area (Å²) in [6, 6.07) is 5.46. The topological polar surface area (TPSA) is 62.6 Å². The SMILES string of the molecule is C=CCOc1c(I)cc(/C=C(\C#N)C(=O)N(C)C)cc1OC. The van der Waals surface area contributed by atoms with Gasteiger partial charge in [0.25, 0.3) is 5.91 Å². The molecule has 0 bridgehead atoms. The van der Waals surface area contributed by atoms with Gasteiger partial charge in [-0.2, -0.15) is 5.26 Å². The molecule has 1 amide bonds. The number of hydrogen-bond acceptors (Lipinski definition) is 4. The fourth-order valence-corrected chi connectivity index (χ4v) is 2.44. The maximum absolute atomic E-state index is 11.9. The van der Waals surface area contributed by atoms with Crippen LogP contribution in [0.3, 0.4) is 0 Å². The zero-order valence-electron chi connectivity index (χ0n) is 12.7. The van der Waals surface area contributed by atoms with Crippen LogP contribution in [-0.4, -0.2) is 38.6 Å². The summed E-state index contributed by atoms with van der Waals surface area (Å²) >= 11 is 2.12. The van der Waals surface area contributed by atoms with Crippen molar-refractivity contribution in [1.29, 1.82) is 5.26 Å². The van der Waals surface area contributed by atoms with Gasteiger partial charge in [-0.25, -0.2) is 0 Å². The maximum Gasteiger partial charge on any atom is 0.264 e. The molecule has 0 aliphatic heterocycles. The highest BCUT2D eigenvalue weighted by molar-refractivity contribution is 14.1. The fraction of sp³-hybridized carbons (Fsp3) is 0.250. The van der Waals surface area contributed by atoms with Gasteiger partial charge in [0.1, 0.15) is 18.2 Å². The molecule has 0 spiro atoms. The van der Waals surface area contributed by atoms with Crippen LogP contribution in [-0.2, 0) is 4.79 Å². The average molecular weight is 412 g/mol. The molecule has 0 aromatic heterocycles. The van der Waals surface area contributed by atoms with E-state index in [9.17, 15) is 4.79 Å². The Balaban J connectivity index is 3.27. The first kappa shape index (κ1) is 18.0. The summed E-state index contributed by atoms with van der Waals surface area (Å²) in [5.74, 6) is 0.802. The van der Waals surface area contributed by atoms with Crippen LogP contribution in [0.25, 0.3) is 6.08 Å². The second-order valence-corrected chi connectivity index (χ2v) is 5.67. The summed E-state index contributed by atoms with van der Waals surface area (Å²) < 4.78 is 11.7. The number of ether oxygens (including phenoxy) is 2. The molecule has 0 N–H and O–H groups in total. The Labute approximate surface area is 144 Å². The van der Waals surface area contributed by atoms with Gasteiger partial charge in [-0.3, -0.25) is 4.79 Å². The fourth-order valence-electron chi connectivity index (χ4n) is 1.65. The highest BCUT2D eigenvalue weighted by atomic mass is 127. The van der Waals surface area contributed by atoms with Gasteiger partial charge in [-0.1, -0.05) is 12.7 Å². The monoisotopic (exact) mass is 412 g/mol. The van der Waals surface area contributed by atoms with Gasteiger partial charge in [-0.05, 0) is 46.4 Å². The van der Waals surface area contributed by atoms with Gasteiger partial charge >= 0.3 is 0 Å². The van der Waals surface area contributed by atoms with Crippen molar-refractivity contribution in [2.24, 2.45) is 0 Å². The third-order valence-electron chi connectivity index (χ3n) is 2.67. The minimum absolute atomic E-state index is 0.0580. The minimum atomic E-state index is -0.344. The lowest BCUT2D eigenvalue weighted by atomic mass is 10.1. The zero-order chi connectivity index (χ0) is 16.7. The van der Waals surface area contributed by atoms with Crippen LogP contribution in [0.1, 0.15) is 5.56 Å². The van der Waals surface area contributed by atoms with Gasteiger partial charge in [0.2, 0.25) is 0 Å². The third-order valence-corrected chi connectivity index (χ3v) is 3.47. The van der Waals surface area contributed by atoms with E-state index in [2.05, 4.69) is 29.2 Å². The van der Waals surface area contributed by atoms with E-state index in [1.54, 1.807) is 26.2 Å². The lowest BCUT2D eigenvalue weighted by Gasteiger charge is -2.13. The third kappa shape index (κ3) is 4.49. The number of benzene rings is 1. The van der Waals surface area contributed by atoms with Crippen molar-refractivity contribution in [3.05, 3.63) is 39.5 Å². The second-order valence-electron chi connectivity index (χ2n) is 4.50. The summed E-state index contributed by atoms with van der Waals surface area (Å²) in [5, 5.41) is 9.14. The molecule has 0 radical (unpaired) electrons. The molecule has 0 saturated carbocycles. The number of carbonyl (C=O) groups excluding carboxylic acids is 1. The van der Waals surface area contributed by atoms with Gasteiger partial charge in [0.15, 0.2) is 11.5 Å². The van der Waals surface area contributed by atoms with Crippen LogP contribution in [0.4, 0.5) is 0 Å². The van der Waals surface area contributed by atoms with Crippen molar-refractivity contribution in [2.45, 2.75) is 0 Å². The van der Waals surface area contributed by atoms with E-state index in [1.165, 1.54) is 18.1 Å². The quantitative estimate of drug-likeness (QED) is 0.312. The molecular weight excluding hydrogens is 395 g/mol. The highest BCUT2D eigenvalue weighted by Crippen LogP contribution is 2.34. The predicted molar refractivity (Wildman–Crippen MR) is 93.7 cm³/mol. The first-order valence-electron chi connectivity index (χ1n) is 6.39. The van der Waals surface area contributed by atoms with Crippen LogP contribution in [0.5, 0.6) is 11.5 Å². The molecule has 116 valence electrons. The Morgan fingerprint density at radius 1 is 1.50 bits per heavy atom. The molecule has 1 aromatic carbocycles. The smallest absolute Gasteiger partial charge is 0.264 e. The summed E-state index contributed by atoms with van der Waals surface area (Å²) in [6.45, 7) is 3.97. The average Bonchev–Trinajstić information content (AvgIpc) is 2.50. The van der Waals surface area contributed by atoms with Crippen LogP contribution in [0, 0.1) is 14.9 Å². The van der Waals surface area contributed by atoms with E-state index in [0.717, 1.165) is 3.57 Å². The Bertz CT molecular complexity index is 646. The Kier molecular flexibility index (Phi) is 6.92. The first-order chi connectivity index (χ1) is 10.4. The largest absolute Gasteiger partial charge is 0.493 e. The number of hydrogen-bond donors (Lipinski definition) is 0. The molecule has 6 heteroatoms. The lowest BCUT2D eigenvalue weighted by molar-refractivity contribution is -0.124. The Morgan fingerprint density at radius 3 is 2.68 bits per heavy atom. The van der Waals surface area contributed by atoms with Crippen molar-refractivity contribution < 1.29 is 14.3 Å². The molecule has 0 saturated heterocycles. The number of likely N-dealkylation sites (N-methyl/N-ethyl adjacent to an activating group) is 1. The molecule has 5 nitrogen and oxygen atoms in total. The second kappa shape index (κ2) is 8.44. The van der Waals surface area contributed by atoms with Crippen molar-refractivity contribution >= 4 is 34.6 Å². The maximum atomic E-state index is 11.9.